The molecule has 0 saturated carbocycles. The maximum absolute atomic E-state index is 5.46. The normalized spacial score (nSPS) is 26.2. The van der Waals surface area contributed by atoms with Gasteiger partial charge in [-0.15, -0.1) is 0 Å². The van der Waals surface area contributed by atoms with Crippen molar-refractivity contribution in [3.8, 4) is 0 Å². The largest absolute Gasteiger partial charge is 0.301 e. The molecule has 1 aliphatic rings. The minimum absolute atomic E-state index is 0.0175. The molecular formula is C11H21NO. The van der Waals surface area contributed by atoms with E-state index in [1.54, 1.807) is 7.11 Å². The Kier molecular flexibility index (Phi) is 2.56. The van der Waals surface area contributed by atoms with Crippen molar-refractivity contribution in [2.24, 2.45) is 0 Å². The van der Waals surface area contributed by atoms with Crippen LogP contribution in [0.1, 0.15) is 41.0 Å². The molecule has 0 unspecified atom stereocenters. The van der Waals surface area contributed by atoms with Gasteiger partial charge in [0.1, 0.15) is 0 Å². The SMILES string of the molecule is CCC1=CC(C)(C)N(OC)C1(C)C. The highest BCUT2D eigenvalue weighted by Gasteiger charge is 2.45. The van der Waals surface area contributed by atoms with Crippen LogP contribution in [0.2, 0.25) is 0 Å². The molecule has 1 heterocycles. The number of hydrogen-bond acceptors (Lipinski definition) is 2. The lowest BCUT2D eigenvalue weighted by Crippen LogP contribution is -2.49. The fourth-order valence-electron chi connectivity index (χ4n) is 2.51. The fourth-order valence-corrected chi connectivity index (χ4v) is 2.51. The van der Waals surface area contributed by atoms with Gasteiger partial charge in [-0.05, 0) is 34.1 Å². The van der Waals surface area contributed by atoms with Crippen LogP contribution in [0, 0.1) is 0 Å². The van der Waals surface area contributed by atoms with E-state index in [-0.39, 0.29) is 11.1 Å². The second kappa shape index (κ2) is 3.10. The highest BCUT2D eigenvalue weighted by atomic mass is 16.7. The summed E-state index contributed by atoms with van der Waals surface area (Å²) in [5.74, 6) is 0. The molecular weight excluding hydrogens is 162 g/mol. The molecule has 1 aliphatic heterocycles. The summed E-state index contributed by atoms with van der Waals surface area (Å²) in [5.41, 5.74) is 1.51. The topological polar surface area (TPSA) is 12.5 Å². The summed E-state index contributed by atoms with van der Waals surface area (Å²) < 4.78 is 0. The van der Waals surface area contributed by atoms with Crippen LogP contribution >= 0.6 is 0 Å². The van der Waals surface area contributed by atoms with Gasteiger partial charge in [0.2, 0.25) is 0 Å². The Hall–Kier alpha value is -0.340. The summed E-state index contributed by atoms with van der Waals surface area (Å²) in [4.78, 5) is 5.46. The molecule has 0 N–H and O–H groups in total. The van der Waals surface area contributed by atoms with Crippen molar-refractivity contribution in [3.05, 3.63) is 11.6 Å². The first-order valence-corrected chi connectivity index (χ1v) is 4.93. The Balaban J connectivity index is 3.04. The Morgan fingerprint density at radius 1 is 1.31 bits per heavy atom. The number of hydrogen-bond donors (Lipinski definition) is 0. The summed E-state index contributed by atoms with van der Waals surface area (Å²) >= 11 is 0. The van der Waals surface area contributed by atoms with Crippen LogP contribution in [0.5, 0.6) is 0 Å². The summed E-state index contributed by atoms with van der Waals surface area (Å²) in [6, 6.07) is 0. The highest BCUT2D eigenvalue weighted by Crippen LogP contribution is 2.40. The third kappa shape index (κ3) is 1.53. The molecule has 76 valence electrons. The van der Waals surface area contributed by atoms with Gasteiger partial charge in [0, 0.05) is 0 Å². The van der Waals surface area contributed by atoms with Crippen molar-refractivity contribution in [1.29, 1.82) is 0 Å². The highest BCUT2D eigenvalue weighted by molar-refractivity contribution is 5.29. The minimum atomic E-state index is 0.0175. The van der Waals surface area contributed by atoms with E-state index in [0.717, 1.165) is 6.42 Å². The molecule has 0 bridgehead atoms. The fraction of sp³-hybridized carbons (Fsp3) is 0.818. The summed E-state index contributed by atoms with van der Waals surface area (Å²) in [6.45, 7) is 11.0. The number of hydroxylamine groups is 2. The average molecular weight is 183 g/mol. The predicted octanol–water partition coefficient (Wildman–Crippen LogP) is 2.76. The van der Waals surface area contributed by atoms with E-state index >= 15 is 0 Å². The standard InChI is InChI=1S/C11H21NO/c1-7-9-8-10(2,3)12(13-6)11(9,4)5/h8H,7H2,1-6H3. The van der Waals surface area contributed by atoms with Crippen LogP contribution in [0.4, 0.5) is 0 Å². The first-order valence-electron chi connectivity index (χ1n) is 4.93. The molecule has 13 heavy (non-hydrogen) atoms. The van der Waals surface area contributed by atoms with Gasteiger partial charge >= 0.3 is 0 Å². The van der Waals surface area contributed by atoms with Crippen molar-refractivity contribution in [2.75, 3.05) is 7.11 Å². The minimum Gasteiger partial charge on any atom is -0.301 e. The number of nitrogens with zero attached hydrogens (tertiary/aromatic N) is 1. The van der Waals surface area contributed by atoms with Crippen LogP contribution in [-0.4, -0.2) is 23.3 Å². The number of rotatable bonds is 2. The van der Waals surface area contributed by atoms with Crippen molar-refractivity contribution in [1.82, 2.24) is 5.06 Å². The van der Waals surface area contributed by atoms with E-state index in [2.05, 4.69) is 45.8 Å². The first kappa shape index (κ1) is 10.7. The smallest absolute Gasteiger partial charge is 0.0625 e. The summed E-state index contributed by atoms with van der Waals surface area (Å²) in [6.07, 6.45) is 3.41. The lowest BCUT2D eigenvalue weighted by atomic mass is 9.95. The Bertz CT molecular complexity index is 228. The molecule has 0 fully saturated rings. The molecule has 2 nitrogen and oxygen atoms in total. The molecule has 0 aromatic heterocycles. The van der Waals surface area contributed by atoms with Gasteiger partial charge in [0.05, 0.1) is 18.2 Å². The molecule has 0 aromatic carbocycles. The molecule has 0 amide bonds. The van der Waals surface area contributed by atoms with E-state index < -0.39 is 0 Å². The average Bonchev–Trinajstić information content (AvgIpc) is 2.16. The molecule has 0 saturated heterocycles. The molecule has 0 aliphatic carbocycles. The first-order chi connectivity index (χ1) is 5.86. The van der Waals surface area contributed by atoms with Crippen molar-refractivity contribution >= 4 is 0 Å². The van der Waals surface area contributed by atoms with E-state index in [1.165, 1.54) is 5.57 Å². The summed E-state index contributed by atoms with van der Waals surface area (Å²) in [7, 11) is 1.75. The third-order valence-corrected chi connectivity index (χ3v) is 2.91. The second-order valence-electron chi connectivity index (χ2n) is 4.71. The Morgan fingerprint density at radius 2 is 1.85 bits per heavy atom. The van der Waals surface area contributed by atoms with E-state index in [9.17, 15) is 0 Å². The van der Waals surface area contributed by atoms with Crippen LogP contribution in [0.3, 0.4) is 0 Å². The van der Waals surface area contributed by atoms with Crippen LogP contribution in [0.15, 0.2) is 11.6 Å². The lowest BCUT2D eigenvalue weighted by Gasteiger charge is -2.39. The molecule has 0 radical (unpaired) electrons. The Morgan fingerprint density at radius 3 is 2.08 bits per heavy atom. The molecule has 1 rings (SSSR count). The van der Waals surface area contributed by atoms with Gasteiger partial charge in [-0.25, -0.2) is 0 Å². The molecule has 0 atom stereocenters. The van der Waals surface area contributed by atoms with Gasteiger partial charge in [-0.1, -0.05) is 18.6 Å². The van der Waals surface area contributed by atoms with Crippen LogP contribution in [0.25, 0.3) is 0 Å². The zero-order valence-corrected chi connectivity index (χ0v) is 9.64. The molecule has 0 spiro atoms. The van der Waals surface area contributed by atoms with Gasteiger partial charge in [-0.3, -0.25) is 0 Å². The van der Waals surface area contributed by atoms with E-state index in [0.29, 0.717) is 0 Å². The monoisotopic (exact) mass is 183 g/mol. The zero-order chi connectivity index (χ0) is 10.3. The maximum atomic E-state index is 5.46. The van der Waals surface area contributed by atoms with Gasteiger partial charge in [0.15, 0.2) is 0 Å². The summed E-state index contributed by atoms with van der Waals surface area (Å²) in [5, 5.41) is 2.07. The van der Waals surface area contributed by atoms with Crippen LogP contribution < -0.4 is 0 Å². The molecule has 0 aromatic rings. The van der Waals surface area contributed by atoms with Gasteiger partial charge in [0.25, 0.3) is 0 Å². The van der Waals surface area contributed by atoms with Gasteiger partial charge < -0.3 is 4.84 Å². The lowest BCUT2D eigenvalue weighted by molar-refractivity contribution is -0.213. The van der Waals surface area contributed by atoms with E-state index in [4.69, 9.17) is 4.84 Å². The second-order valence-corrected chi connectivity index (χ2v) is 4.71. The van der Waals surface area contributed by atoms with Crippen molar-refractivity contribution < 1.29 is 4.84 Å². The van der Waals surface area contributed by atoms with Crippen LogP contribution in [-0.2, 0) is 4.84 Å². The quantitative estimate of drug-likeness (QED) is 0.610. The zero-order valence-electron chi connectivity index (χ0n) is 9.64. The third-order valence-electron chi connectivity index (χ3n) is 2.91. The Labute approximate surface area is 81.5 Å². The van der Waals surface area contributed by atoms with Crippen molar-refractivity contribution in [2.45, 2.75) is 52.1 Å². The molecule has 2 heteroatoms. The maximum Gasteiger partial charge on any atom is 0.0625 e. The van der Waals surface area contributed by atoms with E-state index in [1.807, 2.05) is 0 Å². The van der Waals surface area contributed by atoms with Crippen molar-refractivity contribution in [3.63, 3.8) is 0 Å². The predicted molar refractivity (Wildman–Crippen MR) is 55.4 cm³/mol. The van der Waals surface area contributed by atoms with Gasteiger partial charge in [-0.2, -0.15) is 5.06 Å².